The highest BCUT2D eigenvalue weighted by atomic mass is 35.5. The molecule has 2 aromatic rings. The summed E-state index contributed by atoms with van der Waals surface area (Å²) >= 11 is 11.3. The number of aliphatic carboxylic acids is 1. The van der Waals surface area contributed by atoms with Crippen molar-refractivity contribution in [3.05, 3.63) is 51.5 Å². The molecule has 0 fully saturated rings. The molecule has 0 atom stereocenters. The van der Waals surface area contributed by atoms with Crippen molar-refractivity contribution in [1.82, 2.24) is 5.32 Å². The quantitative estimate of drug-likeness (QED) is 0.276. The summed E-state index contributed by atoms with van der Waals surface area (Å²) in [6, 6.07) is 7.37. The molecule has 0 saturated carbocycles. The Kier molecular flexibility index (Phi) is 14.1. The largest absolute Gasteiger partial charge is 0.508 e. The van der Waals surface area contributed by atoms with Crippen LogP contribution in [0.1, 0.15) is 48.0 Å². The number of hydrogen-bond acceptors (Lipinski definition) is 7. The number of phenolic OH excluding ortho intramolecular Hbond substituents is 2. The first-order chi connectivity index (χ1) is 18.0. The topological polar surface area (TPSA) is 174 Å². The Labute approximate surface area is 230 Å². The number of amides is 2. The molecule has 10 nitrogen and oxygen atoms in total. The number of nitrogens with one attached hydrogen (secondary N) is 2. The average Bonchev–Trinajstić information content (AvgIpc) is 3.13. The normalized spacial score (nSPS) is 12.3. The second kappa shape index (κ2) is 16.7. The number of carboxylic acids is 1. The van der Waals surface area contributed by atoms with Crippen LogP contribution in [0.5, 0.6) is 11.5 Å². The van der Waals surface area contributed by atoms with Crippen molar-refractivity contribution in [2.75, 3.05) is 18.4 Å². The van der Waals surface area contributed by atoms with Crippen LogP contribution in [0.2, 0.25) is 10.0 Å². The van der Waals surface area contributed by atoms with Crippen LogP contribution in [-0.4, -0.2) is 52.0 Å². The first kappa shape index (κ1) is 32.1. The van der Waals surface area contributed by atoms with Gasteiger partial charge in [0.05, 0.1) is 11.6 Å². The van der Waals surface area contributed by atoms with Gasteiger partial charge in [0.25, 0.3) is 5.91 Å². The zero-order valence-corrected chi connectivity index (χ0v) is 22.1. The fourth-order valence-corrected chi connectivity index (χ4v) is 3.81. The van der Waals surface area contributed by atoms with Crippen molar-refractivity contribution in [1.29, 1.82) is 0 Å². The number of rotatable bonds is 7. The molecule has 0 radical (unpaired) electrons. The molecule has 2 aromatic carbocycles. The van der Waals surface area contributed by atoms with Gasteiger partial charge in [-0.05, 0) is 49.1 Å². The van der Waals surface area contributed by atoms with Crippen molar-refractivity contribution >= 4 is 52.5 Å². The number of nitrogens with zero attached hydrogens (tertiary/aromatic N) is 1. The van der Waals surface area contributed by atoms with E-state index in [1.807, 2.05) is 0 Å². The molecular weight excluding hydrogens is 535 g/mol. The maximum Gasteiger partial charge on any atom is 0.303 e. The number of nitrogens with two attached hydrogens (primary N) is 1. The number of terminal acetylenes is 1. The van der Waals surface area contributed by atoms with Crippen LogP contribution in [0.3, 0.4) is 0 Å². The average molecular weight is 565 g/mol. The van der Waals surface area contributed by atoms with E-state index in [9.17, 15) is 24.6 Å². The van der Waals surface area contributed by atoms with Gasteiger partial charge in [0.2, 0.25) is 5.91 Å². The number of primary amides is 1. The lowest BCUT2D eigenvalue weighted by Gasteiger charge is -2.11. The van der Waals surface area contributed by atoms with Crippen LogP contribution in [0, 0.1) is 12.8 Å². The van der Waals surface area contributed by atoms with Crippen molar-refractivity contribution in [3.63, 3.8) is 0 Å². The zero-order valence-electron chi connectivity index (χ0n) is 20.5. The molecule has 0 saturated heterocycles. The second-order valence-corrected chi connectivity index (χ2v) is 8.81. The number of phenols is 2. The first-order valence-corrected chi connectivity index (χ1v) is 12.2. The van der Waals surface area contributed by atoms with E-state index in [4.69, 9.17) is 34.0 Å². The number of halogens is 2. The maximum atomic E-state index is 11.9. The third-order valence-electron chi connectivity index (χ3n) is 4.98. The highest BCUT2D eigenvalue weighted by molar-refractivity contribution is 6.35. The summed E-state index contributed by atoms with van der Waals surface area (Å²) < 4.78 is 0. The number of aryl methyl sites for hydroxylation is 1. The maximum absolute atomic E-state index is 11.9. The second-order valence-electron chi connectivity index (χ2n) is 7.97. The van der Waals surface area contributed by atoms with Gasteiger partial charge in [0.1, 0.15) is 17.3 Å². The number of aromatic hydroxyl groups is 2. The number of amidine groups is 1. The lowest BCUT2D eigenvalue weighted by Crippen LogP contribution is -2.33. The van der Waals surface area contributed by atoms with Gasteiger partial charge < -0.3 is 31.7 Å². The fourth-order valence-electron chi connectivity index (χ4n) is 3.28. The van der Waals surface area contributed by atoms with Crippen LogP contribution in [-0.2, 0) is 16.0 Å². The zero-order chi connectivity index (χ0) is 28.7. The van der Waals surface area contributed by atoms with E-state index < -0.39 is 17.8 Å². The Morgan fingerprint density at radius 3 is 2.39 bits per heavy atom. The number of anilines is 1. The van der Waals surface area contributed by atoms with Gasteiger partial charge >= 0.3 is 5.97 Å². The van der Waals surface area contributed by atoms with E-state index in [1.54, 1.807) is 6.07 Å². The number of benzene rings is 2. The molecule has 7 N–H and O–H groups in total. The summed E-state index contributed by atoms with van der Waals surface area (Å²) in [4.78, 5) is 37.4. The summed E-state index contributed by atoms with van der Waals surface area (Å²) in [5.41, 5.74) is 6.27. The molecule has 38 heavy (non-hydrogen) atoms. The molecule has 12 heteroatoms. The van der Waals surface area contributed by atoms with E-state index in [0.29, 0.717) is 16.3 Å². The number of hydrogen-bond donors (Lipinski definition) is 6. The lowest BCUT2D eigenvalue weighted by atomic mass is 10.1. The molecule has 0 bridgehead atoms. The molecule has 1 aliphatic heterocycles. The van der Waals surface area contributed by atoms with Gasteiger partial charge in [-0.15, -0.1) is 12.8 Å². The van der Waals surface area contributed by atoms with Gasteiger partial charge in [-0.3, -0.25) is 19.4 Å². The number of carbonyl (C=O) groups excluding carboxylic acids is 2. The summed E-state index contributed by atoms with van der Waals surface area (Å²) in [7, 11) is 0. The molecule has 3 rings (SSSR count). The minimum atomic E-state index is -0.930. The Bertz CT molecular complexity index is 1180. The summed E-state index contributed by atoms with van der Waals surface area (Å²) in [5.74, 6) is -1.31. The summed E-state index contributed by atoms with van der Waals surface area (Å²) in [6.45, 7) is 0.539. The van der Waals surface area contributed by atoms with E-state index >= 15 is 0 Å². The van der Waals surface area contributed by atoms with Crippen LogP contribution in [0.4, 0.5) is 5.69 Å². The third kappa shape index (κ3) is 11.9. The van der Waals surface area contributed by atoms with Crippen molar-refractivity contribution in [2.45, 2.75) is 38.5 Å². The van der Waals surface area contributed by atoms with Crippen molar-refractivity contribution < 1.29 is 29.7 Å². The Balaban J connectivity index is 0.000000389. The smallest absolute Gasteiger partial charge is 0.303 e. The van der Waals surface area contributed by atoms with E-state index in [0.717, 1.165) is 38.1 Å². The van der Waals surface area contributed by atoms with Gasteiger partial charge in [-0.25, -0.2) is 0 Å². The van der Waals surface area contributed by atoms with Crippen LogP contribution in [0.25, 0.3) is 0 Å². The van der Waals surface area contributed by atoms with Gasteiger partial charge in [-0.1, -0.05) is 29.6 Å². The van der Waals surface area contributed by atoms with E-state index in [2.05, 4.69) is 28.5 Å². The van der Waals surface area contributed by atoms with E-state index in [1.165, 1.54) is 24.3 Å². The molecule has 204 valence electrons. The van der Waals surface area contributed by atoms with Crippen molar-refractivity contribution in [3.8, 4) is 24.3 Å². The Morgan fingerprint density at radius 2 is 1.74 bits per heavy atom. The van der Waals surface area contributed by atoms with Gasteiger partial charge in [0.15, 0.2) is 0 Å². The number of carbonyl (C=O) groups is 3. The Morgan fingerprint density at radius 1 is 1.03 bits per heavy atom. The third-order valence-corrected chi connectivity index (χ3v) is 5.49. The predicted molar refractivity (Wildman–Crippen MR) is 148 cm³/mol. The molecule has 0 aliphatic carbocycles. The van der Waals surface area contributed by atoms with Gasteiger partial charge in [-0.2, -0.15) is 0 Å². The molecular formula is C26H30Cl2N4O6. The molecule has 1 heterocycles. The molecule has 0 aromatic heterocycles. The number of aliphatic imine (C=N–C) groups is 1. The first-order valence-electron chi connectivity index (χ1n) is 11.5. The van der Waals surface area contributed by atoms with Crippen LogP contribution in [0.15, 0.2) is 35.3 Å². The monoisotopic (exact) mass is 564 g/mol. The summed E-state index contributed by atoms with van der Waals surface area (Å²) in [5, 5.41) is 33.7. The highest BCUT2D eigenvalue weighted by Crippen LogP contribution is 2.31. The molecule has 0 unspecified atom stereocenters. The molecule has 2 amide bonds. The summed E-state index contributed by atoms with van der Waals surface area (Å²) in [6.07, 6.45) is 12.3. The predicted octanol–water partition coefficient (Wildman–Crippen LogP) is 3.96. The van der Waals surface area contributed by atoms with Crippen LogP contribution >= 0.6 is 23.2 Å². The SMILES string of the molecule is C#C.NC(=O)CNC(=O)c1cc(O)cc(NC2=NCCCCC2)c1.O=C(O)CCc1cc(Cl)cc(Cl)c1O. The lowest BCUT2D eigenvalue weighted by molar-refractivity contribution is -0.137. The highest BCUT2D eigenvalue weighted by Gasteiger charge is 2.12. The fraction of sp³-hybridized carbons (Fsp3) is 0.308. The Hall–Kier alpha value is -3.94. The number of carboxylic acid groups (broad SMARTS) is 1. The van der Waals surface area contributed by atoms with Crippen LogP contribution < -0.4 is 16.4 Å². The molecule has 0 spiro atoms. The van der Waals surface area contributed by atoms with E-state index in [-0.39, 0.29) is 41.5 Å². The standard InChI is InChI=1S/C15H20N4O3.C9H8Cl2O3.C2H2/c16-13(21)9-18-15(22)10-6-11(8-12(20)7-10)19-14-4-2-1-3-5-17-14;10-6-3-5(1-2-8(12)13)9(14)7(11)4-6;1-2/h6-8,20H,1-5,9H2,(H2,16,21)(H,17,19)(H,18,22);3-4,14H,1-2H2,(H,12,13);1-2H. The minimum Gasteiger partial charge on any atom is -0.508 e. The molecule has 1 aliphatic rings. The van der Waals surface area contributed by atoms with Gasteiger partial charge in [0, 0.05) is 41.7 Å². The minimum absolute atomic E-state index is 0.0385. The van der Waals surface area contributed by atoms with Crippen molar-refractivity contribution in [2.24, 2.45) is 10.7 Å².